The van der Waals surface area contributed by atoms with E-state index in [0.717, 1.165) is 48.3 Å². The lowest BCUT2D eigenvalue weighted by molar-refractivity contribution is -0.0827. The van der Waals surface area contributed by atoms with Crippen LogP contribution in [0.5, 0.6) is 6.01 Å². The second-order valence-corrected chi connectivity index (χ2v) is 11.6. The van der Waals surface area contributed by atoms with E-state index in [2.05, 4.69) is 69.9 Å². The quantitative estimate of drug-likeness (QED) is 0.296. The van der Waals surface area contributed by atoms with E-state index in [9.17, 15) is 5.26 Å². The molecule has 1 saturated heterocycles. The van der Waals surface area contributed by atoms with Crippen molar-refractivity contribution in [2.75, 3.05) is 13.1 Å². The average molecular weight is 529 g/mol. The highest BCUT2D eigenvalue weighted by molar-refractivity contribution is 7.18. The Balaban J connectivity index is 1.19. The molecule has 38 heavy (non-hydrogen) atoms. The minimum Gasteiger partial charge on any atom is -0.459 e. The molecule has 4 heterocycles. The van der Waals surface area contributed by atoms with Gasteiger partial charge in [0.05, 0.1) is 39.9 Å². The Kier molecular flexibility index (Phi) is 7.93. The number of piperidine rings is 1. The molecule has 3 aromatic heterocycles. The SMILES string of the molecule is CC(C)(C)OC1CCN(Cc2cccc(COc3nccc(C(C#N)c4nc5cnccc5s4)n3)c2)CC1. The summed E-state index contributed by atoms with van der Waals surface area (Å²) in [5, 5.41) is 10.6. The van der Waals surface area contributed by atoms with Gasteiger partial charge in [-0.1, -0.05) is 24.3 Å². The first kappa shape index (κ1) is 26.2. The second kappa shape index (κ2) is 11.5. The maximum atomic E-state index is 9.88. The van der Waals surface area contributed by atoms with Crippen LogP contribution in [0.2, 0.25) is 0 Å². The van der Waals surface area contributed by atoms with Gasteiger partial charge in [0.25, 0.3) is 0 Å². The molecule has 1 aliphatic heterocycles. The number of pyridine rings is 1. The number of benzene rings is 1. The van der Waals surface area contributed by atoms with Crippen molar-refractivity contribution in [1.82, 2.24) is 24.8 Å². The molecule has 4 aromatic rings. The van der Waals surface area contributed by atoms with Gasteiger partial charge < -0.3 is 9.47 Å². The maximum Gasteiger partial charge on any atom is 0.316 e. The molecule has 1 aliphatic rings. The highest BCUT2D eigenvalue weighted by atomic mass is 32.1. The van der Waals surface area contributed by atoms with Crippen LogP contribution in [0.1, 0.15) is 61.4 Å². The molecule has 0 spiro atoms. The number of thiazole rings is 1. The van der Waals surface area contributed by atoms with Crippen molar-refractivity contribution in [3.63, 3.8) is 0 Å². The largest absolute Gasteiger partial charge is 0.459 e. The van der Waals surface area contributed by atoms with Crippen LogP contribution in [0.3, 0.4) is 0 Å². The Bertz CT molecular complexity index is 1390. The molecule has 196 valence electrons. The zero-order valence-corrected chi connectivity index (χ0v) is 22.8. The van der Waals surface area contributed by atoms with Crippen molar-refractivity contribution in [1.29, 1.82) is 5.26 Å². The summed E-state index contributed by atoms with van der Waals surface area (Å²) in [6.45, 7) is 9.69. The third kappa shape index (κ3) is 6.70. The van der Waals surface area contributed by atoms with Crippen LogP contribution in [-0.2, 0) is 17.9 Å². The smallest absolute Gasteiger partial charge is 0.316 e. The summed E-state index contributed by atoms with van der Waals surface area (Å²) in [7, 11) is 0. The summed E-state index contributed by atoms with van der Waals surface area (Å²) in [6.07, 6.45) is 7.52. The number of nitrogens with zero attached hydrogens (tertiary/aromatic N) is 6. The first-order chi connectivity index (χ1) is 18.4. The number of hydrogen-bond donors (Lipinski definition) is 0. The van der Waals surface area contributed by atoms with Gasteiger partial charge in [0.1, 0.15) is 17.5 Å². The van der Waals surface area contributed by atoms with Gasteiger partial charge in [0.15, 0.2) is 0 Å². The third-order valence-corrected chi connectivity index (χ3v) is 7.45. The Morgan fingerprint density at radius 2 is 1.92 bits per heavy atom. The number of likely N-dealkylation sites (tertiary alicyclic amines) is 1. The Morgan fingerprint density at radius 3 is 2.68 bits per heavy atom. The summed E-state index contributed by atoms with van der Waals surface area (Å²) in [5.74, 6) is -0.598. The molecule has 1 fully saturated rings. The van der Waals surface area contributed by atoms with Crippen molar-refractivity contribution in [3.8, 4) is 12.1 Å². The molecule has 0 amide bonds. The van der Waals surface area contributed by atoms with Gasteiger partial charge in [-0.3, -0.25) is 9.88 Å². The minimum atomic E-state index is -0.598. The van der Waals surface area contributed by atoms with Gasteiger partial charge in [0, 0.05) is 32.0 Å². The van der Waals surface area contributed by atoms with Crippen LogP contribution in [0.4, 0.5) is 0 Å². The summed E-state index contributed by atoms with van der Waals surface area (Å²) in [5.41, 5.74) is 3.56. The highest BCUT2D eigenvalue weighted by Gasteiger charge is 2.24. The maximum absolute atomic E-state index is 9.88. The predicted octanol–water partition coefficient (Wildman–Crippen LogP) is 5.50. The number of fused-ring (bicyclic) bond motifs is 1. The molecule has 0 radical (unpaired) electrons. The van der Waals surface area contributed by atoms with E-state index in [-0.39, 0.29) is 11.6 Å². The van der Waals surface area contributed by atoms with E-state index in [4.69, 9.17) is 9.47 Å². The van der Waals surface area contributed by atoms with Crippen molar-refractivity contribution < 1.29 is 9.47 Å². The molecule has 0 aliphatic carbocycles. The molecule has 5 rings (SSSR count). The zero-order chi connectivity index (χ0) is 26.5. The van der Waals surface area contributed by atoms with Crippen LogP contribution in [0.15, 0.2) is 55.0 Å². The first-order valence-electron chi connectivity index (χ1n) is 12.9. The molecule has 0 saturated carbocycles. The highest BCUT2D eigenvalue weighted by Crippen LogP contribution is 2.30. The molecule has 9 heteroatoms. The molecule has 1 aromatic carbocycles. The number of hydrogen-bond acceptors (Lipinski definition) is 9. The third-order valence-electron chi connectivity index (χ3n) is 6.35. The van der Waals surface area contributed by atoms with E-state index in [1.54, 1.807) is 24.7 Å². The lowest BCUT2D eigenvalue weighted by Crippen LogP contribution is -2.39. The fourth-order valence-electron chi connectivity index (χ4n) is 4.66. The summed E-state index contributed by atoms with van der Waals surface area (Å²) < 4.78 is 13.1. The van der Waals surface area contributed by atoms with Crippen LogP contribution in [0.25, 0.3) is 10.2 Å². The van der Waals surface area contributed by atoms with Gasteiger partial charge >= 0.3 is 6.01 Å². The molecule has 0 bridgehead atoms. The Morgan fingerprint density at radius 1 is 1.11 bits per heavy atom. The fraction of sp³-hybridized carbons (Fsp3) is 0.414. The lowest BCUT2D eigenvalue weighted by Gasteiger charge is -2.35. The molecule has 1 atom stereocenters. The summed E-state index contributed by atoms with van der Waals surface area (Å²) in [6, 6.07) is 14.7. The van der Waals surface area contributed by atoms with Gasteiger partial charge in [-0.15, -0.1) is 11.3 Å². The van der Waals surface area contributed by atoms with E-state index in [1.165, 1.54) is 16.9 Å². The molecule has 8 nitrogen and oxygen atoms in total. The second-order valence-electron chi connectivity index (χ2n) is 10.5. The monoisotopic (exact) mass is 528 g/mol. The normalized spacial score (nSPS) is 15.8. The van der Waals surface area contributed by atoms with Crippen molar-refractivity contribution in [2.24, 2.45) is 0 Å². The van der Waals surface area contributed by atoms with Gasteiger partial charge in [0.2, 0.25) is 0 Å². The Labute approximate surface area is 227 Å². The van der Waals surface area contributed by atoms with Crippen LogP contribution in [0, 0.1) is 11.3 Å². The number of rotatable bonds is 8. The minimum absolute atomic E-state index is 0.0901. The first-order valence-corrected chi connectivity index (χ1v) is 13.7. The van der Waals surface area contributed by atoms with Crippen molar-refractivity contribution in [2.45, 2.75) is 64.4 Å². The summed E-state index contributed by atoms with van der Waals surface area (Å²) >= 11 is 1.47. The van der Waals surface area contributed by atoms with E-state index >= 15 is 0 Å². The van der Waals surface area contributed by atoms with Crippen LogP contribution >= 0.6 is 11.3 Å². The predicted molar refractivity (Wildman–Crippen MR) is 147 cm³/mol. The van der Waals surface area contributed by atoms with Crippen LogP contribution in [-0.4, -0.2) is 49.6 Å². The van der Waals surface area contributed by atoms with E-state index in [1.807, 2.05) is 12.1 Å². The number of aromatic nitrogens is 4. The lowest BCUT2D eigenvalue weighted by atomic mass is 10.0. The average Bonchev–Trinajstić information content (AvgIpc) is 3.33. The fourth-order valence-corrected chi connectivity index (χ4v) is 5.65. The van der Waals surface area contributed by atoms with Crippen LogP contribution < -0.4 is 4.74 Å². The zero-order valence-electron chi connectivity index (χ0n) is 22.0. The van der Waals surface area contributed by atoms with Crippen molar-refractivity contribution >= 4 is 21.6 Å². The van der Waals surface area contributed by atoms with E-state index in [0.29, 0.717) is 23.4 Å². The molecule has 1 unspecified atom stereocenters. The van der Waals surface area contributed by atoms with E-state index < -0.39 is 5.92 Å². The van der Waals surface area contributed by atoms with Crippen molar-refractivity contribution in [3.05, 3.63) is 76.8 Å². The van der Waals surface area contributed by atoms with Gasteiger partial charge in [-0.2, -0.15) is 10.2 Å². The standard InChI is InChI=1S/C29H32N6O2S/c1-29(2,3)37-22-9-13-35(14-10-22)18-20-5-4-6-21(15-20)19-36-28-32-12-7-24(34-28)23(16-30)27-33-25-17-31-11-8-26(25)38-27/h4-8,11-12,15,17,22-23H,9-10,13-14,18-19H2,1-3H3. The number of ether oxygens (including phenoxy) is 2. The van der Waals surface area contributed by atoms with Gasteiger partial charge in [-0.25, -0.2) is 9.97 Å². The number of nitriles is 1. The summed E-state index contributed by atoms with van der Waals surface area (Å²) in [4.78, 5) is 20.0. The molecular formula is C29H32N6O2S. The molecular weight excluding hydrogens is 496 g/mol. The topological polar surface area (TPSA) is 97.1 Å². The Hall–Kier alpha value is -3.45. The van der Waals surface area contributed by atoms with Gasteiger partial charge in [-0.05, 0) is 56.9 Å². The molecule has 0 N–H and O–H groups in total.